The largest absolute Gasteiger partial charge is 0.508 e. The third kappa shape index (κ3) is 3.09. The lowest BCUT2D eigenvalue weighted by molar-refractivity contribution is -0.165. The van der Waals surface area contributed by atoms with Crippen LogP contribution >= 0.6 is 0 Å². The summed E-state index contributed by atoms with van der Waals surface area (Å²) in [6.07, 6.45) is 6.71. The standard InChI is InChI=1S/C23H30O7/c1-3-29-21(28)30-12-23-11-18(25)19-15(16(23)6-7-17(23)20(26)27)5-4-13-10-14(24)8-9-22(13,19)2/h8-10,15-19,25H,3-7,11-12H2,1-2H3,(H,26,27)/t15-,16-,17+,18-,19+,22-,23+/m0/s1. The van der Waals surface area contributed by atoms with Crippen molar-refractivity contribution in [2.24, 2.45) is 34.5 Å². The number of allylic oxidation sites excluding steroid dienone is 4. The van der Waals surface area contributed by atoms with E-state index in [0.29, 0.717) is 6.42 Å². The Morgan fingerprint density at radius 2 is 2.00 bits per heavy atom. The number of rotatable bonds is 4. The minimum Gasteiger partial charge on any atom is -0.481 e. The Kier molecular flexibility index (Phi) is 5.29. The fraction of sp³-hybridized carbons (Fsp3) is 0.696. The minimum atomic E-state index is -0.902. The van der Waals surface area contributed by atoms with Crippen molar-refractivity contribution in [3.63, 3.8) is 0 Å². The second-order valence-corrected chi connectivity index (χ2v) is 9.47. The SMILES string of the molecule is CCOC(=O)OC[C@]12C[C@H](O)[C@H]3[C@@H](CCC4=CC(=O)C=C[C@@]43C)[C@@H]1CC[C@@H]2C(=O)O. The van der Waals surface area contributed by atoms with Gasteiger partial charge in [0.2, 0.25) is 0 Å². The number of carbonyl (C=O) groups excluding carboxylic acids is 2. The van der Waals surface area contributed by atoms with Crippen molar-refractivity contribution in [1.29, 1.82) is 0 Å². The summed E-state index contributed by atoms with van der Waals surface area (Å²) in [5.41, 5.74) is -0.158. The zero-order valence-corrected chi connectivity index (χ0v) is 17.5. The zero-order valence-electron chi connectivity index (χ0n) is 17.5. The molecular weight excluding hydrogens is 388 g/mol. The van der Waals surface area contributed by atoms with Gasteiger partial charge in [0, 0.05) is 16.7 Å². The van der Waals surface area contributed by atoms with Crippen LogP contribution in [0.3, 0.4) is 0 Å². The topological polar surface area (TPSA) is 110 Å². The molecule has 0 amide bonds. The maximum atomic E-state index is 12.1. The monoisotopic (exact) mass is 418 g/mol. The van der Waals surface area contributed by atoms with Crippen LogP contribution in [0.2, 0.25) is 0 Å². The van der Waals surface area contributed by atoms with Crippen molar-refractivity contribution in [3.05, 3.63) is 23.8 Å². The van der Waals surface area contributed by atoms with Crippen LogP contribution in [-0.2, 0) is 19.1 Å². The van der Waals surface area contributed by atoms with Crippen molar-refractivity contribution in [2.45, 2.75) is 52.1 Å². The van der Waals surface area contributed by atoms with Gasteiger partial charge in [0.25, 0.3) is 0 Å². The first-order valence-corrected chi connectivity index (χ1v) is 10.9. The van der Waals surface area contributed by atoms with Crippen molar-refractivity contribution in [3.8, 4) is 0 Å². The maximum Gasteiger partial charge on any atom is 0.508 e. The molecule has 3 fully saturated rings. The fourth-order valence-electron chi connectivity index (χ4n) is 7.11. The highest BCUT2D eigenvalue weighted by molar-refractivity contribution is 6.01. The number of hydrogen-bond donors (Lipinski definition) is 2. The van der Waals surface area contributed by atoms with E-state index in [2.05, 4.69) is 6.92 Å². The second kappa shape index (κ2) is 7.52. The van der Waals surface area contributed by atoms with E-state index in [-0.39, 0.29) is 43.2 Å². The predicted molar refractivity (Wildman–Crippen MR) is 106 cm³/mol. The highest BCUT2D eigenvalue weighted by Gasteiger charge is 2.65. The molecule has 4 rings (SSSR count). The van der Waals surface area contributed by atoms with Crippen molar-refractivity contribution < 1.29 is 34.1 Å². The molecule has 0 spiro atoms. The molecule has 30 heavy (non-hydrogen) atoms. The van der Waals surface area contributed by atoms with Gasteiger partial charge in [-0.15, -0.1) is 0 Å². The van der Waals surface area contributed by atoms with Crippen molar-refractivity contribution >= 4 is 17.9 Å². The quantitative estimate of drug-likeness (QED) is 0.675. The molecule has 164 valence electrons. The molecule has 0 saturated heterocycles. The normalized spacial score (nSPS) is 41.9. The van der Waals surface area contributed by atoms with E-state index >= 15 is 0 Å². The van der Waals surface area contributed by atoms with E-state index in [0.717, 1.165) is 24.8 Å². The average Bonchev–Trinajstić information content (AvgIpc) is 3.06. The number of hydrogen-bond acceptors (Lipinski definition) is 6. The van der Waals surface area contributed by atoms with Gasteiger partial charge in [0.1, 0.15) is 6.61 Å². The highest BCUT2D eigenvalue weighted by Crippen LogP contribution is 2.66. The molecule has 0 radical (unpaired) electrons. The molecule has 2 N–H and O–H groups in total. The molecule has 0 aromatic rings. The van der Waals surface area contributed by atoms with Crippen LogP contribution in [-0.4, -0.2) is 47.4 Å². The van der Waals surface area contributed by atoms with E-state index in [1.54, 1.807) is 19.1 Å². The predicted octanol–water partition coefficient (Wildman–Crippen LogP) is 3.12. The van der Waals surface area contributed by atoms with E-state index < -0.39 is 35.0 Å². The maximum absolute atomic E-state index is 12.1. The Labute approximate surface area is 176 Å². The summed E-state index contributed by atoms with van der Waals surface area (Å²) in [4.78, 5) is 35.9. The number of fused-ring (bicyclic) bond motifs is 5. The van der Waals surface area contributed by atoms with Crippen LogP contribution in [0.15, 0.2) is 23.8 Å². The number of aliphatic carboxylic acids is 1. The van der Waals surface area contributed by atoms with Gasteiger partial charge in [-0.25, -0.2) is 4.79 Å². The molecular formula is C23H30O7. The summed E-state index contributed by atoms with van der Waals surface area (Å²) in [6.45, 7) is 3.89. The van der Waals surface area contributed by atoms with Crippen LogP contribution in [0.5, 0.6) is 0 Å². The Morgan fingerprint density at radius 1 is 1.23 bits per heavy atom. The Hall–Kier alpha value is -2.15. The van der Waals surface area contributed by atoms with Gasteiger partial charge in [-0.3, -0.25) is 9.59 Å². The second-order valence-electron chi connectivity index (χ2n) is 9.47. The third-order valence-corrected chi connectivity index (χ3v) is 8.24. The number of carboxylic acid groups (broad SMARTS) is 1. The minimum absolute atomic E-state index is 0.0183. The summed E-state index contributed by atoms with van der Waals surface area (Å²) in [7, 11) is 0. The lowest BCUT2D eigenvalue weighted by Gasteiger charge is -2.58. The lowest BCUT2D eigenvalue weighted by Crippen LogP contribution is -2.58. The number of ether oxygens (including phenoxy) is 2. The molecule has 7 atom stereocenters. The summed E-state index contributed by atoms with van der Waals surface area (Å²) in [6, 6.07) is 0. The molecule has 0 heterocycles. The van der Waals surface area contributed by atoms with E-state index in [1.807, 2.05) is 6.08 Å². The van der Waals surface area contributed by atoms with E-state index in [1.165, 1.54) is 0 Å². The smallest absolute Gasteiger partial charge is 0.481 e. The van der Waals surface area contributed by atoms with Gasteiger partial charge in [0.05, 0.1) is 18.6 Å². The van der Waals surface area contributed by atoms with Gasteiger partial charge >= 0.3 is 12.1 Å². The van der Waals surface area contributed by atoms with Gasteiger partial charge < -0.3 is 19.7 Å². The molecule has 4 aliphatic carbocycles. The van der Waals surface area contributed by atoms with Gasteiger partial charge in [0.15, 0.2) is 5.78 Å². The number of carboxylic acids is 1. The third-order valence-electron chi connectivity index (χ3n) is 8.24. The first kappa shape index (κ1) is 21.1. The molecule has 0 aliphatic heterocycles. The Bertz CT molecular complexity index is 814. The van der Waals surface area contributed by atoms with Crippen molar-refractivity contribution in [2.75, 3.05) is 13.2 Å². The Morgan fingerprint density at radius 3 is 2.70 bits per heavy atom. The highest BCUT2D eigenvalue weighted by atomic mass is 16.7. The summed E-state index contributed by atoms with van der Waals surface area (Å²) >= 11 is 0. The van der Waals surface area contributed by atoms with E-state index in [9.17, 15) is 24.6 Å². The van der Waals surface area contributed by atoms with Crippen LogP contribution in [0, 0.1) is 34.5 Å². The zero-order chi connectivity index (χ0) is 21.7. The molecule has 0 bridgehead atoms. The van der Waals surface area contributed by atoms with Crippen LogP contribution in [0.25, 0.3) is 0 Å². The van der Waals surface area contributed by atoms with Gasteiger partial charge in [-0.05, 0) is 63.0 Å². The molecule has 4 aliphatic rings. The molecule has 0 unspecified atom stereocenters. The number of aliphatic hydroxyl groups excluding tert-OH is 1. The summed E-state index contributed by atoms with van der Waals surface area (Å²) in [5.74, 6) is -1.54. The first-order chi connectivity index (χ1) is 14.2. The van der Waals surface area contributed by atoms with Crippen LogP contribution in [0.1, 0.15) is 46.0 Å². The van der Waals surface area contributed by atoms with Gasteiger partial charge in [-0.1, -0.05) is 18.6 Å². The number of aliphatic hydroxyl groups is 1. The lowest BCUT2D eigenvalue weighted by atomic mass is 9.46. The fourth-order valence-corrected chi connectivity index (χ4v) is 7.11. The number of ketones is 1. The van der Waals surface area contributed by atoms with Gasteiger partial charge in [-0.2, -0.15) is 0 Å². The first-order valence-electron chi connectivity index (χ1n) is 10.9. The summed E-state index contributed by atoms with van der Waals surface area (Å²) < 4.78 is 10.3. The summed E-state index contributed by atoms with van der Waals surface area (Å²) in [5, 5.41) is 21.3. The van der Waals surface area contributed by atoms with Crippen molar-refractivity contribution in [1.82, 2.24) is 0 Å². The molecule has 3 saturated carbocycles. The molecule has 7 heteroatoms. The van der Waals surface area contributed by atoms with Crippen LogP contribution < -0.4 is 0 Å². The van der Waals surface area contributed by atoms with Crippen LogP contribution in [0.4, 0.5) is 4.79 Å². The number of carbonyl (C=O) groups is 3. The molecule has 0 aromatic carbocycles. The molecule has 0 aromatic heterocycles. The average molecular weight is 418 g/mol. The van der Waals surface area contributed by atoms with E-state index in [4.69, 9.17) is 9.47 Å². The Balaban J connectivity index is 1.68. The molecule has 7 nitrogen and oxygen atoms in total.